The van der Waals surface area contributed by atoms with E-state index in [1.54, 1.807) is 12.0 Å². The molecule has 1 heterocycles. The molecule has 2 rings (SSSR count). The lowest BCUT2D eigenvalue weighted by Gasteiger charge is -2.28. The van der Waals surface area contributed by atoms with E-state index in [-0.39, 0.29) is 11.9 Å². The van der Waals surface area contributed by atoms with Gasteiger partial charge in [-0.05, 0) is 30.8 Å². The van der Waals surface area contributed by atoms with Gasteiger partial charge in [0.2, 0.25) is 0 Å². The van der Waals surface area contributed by atoms with Gasteiger partial charge in [0, 0.05) is 20.2 Å². The smallest absolute Gasteiger partial charge is 0.326 e. The van der Waals surface area contributed by atoms with Gasteiger partial charge in [-0.15, -0.1) is 0 Å². The maximum Gasteiger partial charge on any atom is 0.326 e. The molecule has 2 amide bonds. The van der Waals surface area contributed by atoms with E-state index in [9.17, 15) is 9.59 Å². The second kappa shape index (κ2) is 6.06. The summed E-state index contributed by atoms with van der Waals surface area (Å²) >= 11 is 0. The number of hydrogen-bond acceptors (Lipinski definition) is 3. The summed E-state index contributed by atoms with van der Waals surface area (Å²) in [7, 11) is 1.65. The van der Waals surface area contributed by atoms with Gasteiger partial charge in [0.25, 0.3) is 0 Å². The minimum Gasteiger partial charge on any atom is -0.480 e. The normalized spacial score (nSPS) is 20.7. The summed E-state index contributed by atoms with van der Waals surface area (Å²) < 4.78 is 5.05. The summed E-state index contributed by atoms with van der Waals surface area (Å²) in [5, 5.41) is 11.7. The molecule has 2 aliphatic rings. The molecule has 6 nitrogen and oxygen atoms in total. The number of rotatable bonds is 5. The molecule has 0 radical (unpaired) electrons. The number of carbonyl (C=O) groups excluding carboxylic acids is 1. The van der Waals surface area contributed by atoms with Crippen molar-refractivity contribution in [2.45, 2.75) is 25.3 Å². The van der Waals surface area contributed by atoms with E-state index in [1.165, 1.54) is 5.57 Å². The molecular formula is C13H20N2O4. The Morgan fingerprint density at radius 2 is 2.32 bits per heavy atom. The second-order valence-electron chi connectivity index (χ2n) is 5.09. The number of hydrogen-bond donors (Lipinski definition) is 2. The lowest BCUT2D eigenvalue weighted by atomic mass is 10.1. The Morgan fingerprint density at radius 1 is 1.58 bits per heavy atom. The van der Waals surface area contributed by atoms with Crippen molar-refractivity contribution in [1.82, 2.24) is 10.2 Å². The fraction of sp³-hybridized carbons (Fsp3) is 0.692. The number of urea groups is 1. The van der Waals surface area contributed by atoms with Gasteiger partial charge in [-0.3, -0.25) is 0 Å². The first-order valence-electron chi connectivity index (χ1n) is 6.57. The van der Waals surface area contributed by atoms with Crippen LogP contribution in [0.5, 0.6) is 0 Å². The predicted molar refractivity (Wildman–Crippen MR) is 68.8 cm³/mol. The average molecular weight is 268 g/mol. The number of aliphatic carboxylic acids is 1. The Kier molecular flexibility index (Phi) is 4.42. The first-order chi connectivity index (χ1) is 9.11. The van der Waals surface area contributed by atoms with Crippen LogP contribution in [0.4, 0.5) is 4.79 Å². The molecule has 1 atom stereocenters. The van der Waals surface area contributed by atoms with Crippen LogP contribution >= 0.6 is 0 Å². The number of nitrogens with zero attached hydrogens (tertiary/aromatic N) is 1. The molecule has 0 spiro atoms. The molecule has 0 aromatic carbocycles. The first-order valence-corrected chi connectivity index (χ1v) is 6.57. The van der Waals surface area contributed by atoms with Crippen molar-refractivity contribution in [3.8, 4) is 0 Å². The molecule has 0 aromatic rings. The quantitative estimate of drug-likeness (QED) is 0.724. The molecule has 1 fully saturated rings. The number of carboxylic acids is 1. The zero-order chi connectivity index (χ0) is 13.8. The van der Waals surface area contributed by atoms with Crippen LogP contribution in [-0.4, -0.2) is 54.9 Å². The Bertz CT molecular complexity index is 390. The maximum atomic E-state index is 12.0. The van der Waals surface area contributed by atoms with Crippen molar-refractivity contribution >= 4 is 12.0 Å². The lowest BCUT2D eigenvalue weighted by Crippen LogP contribution is -2.50. The number of carbonyl (C=O) groups is 2. The number of carboxylic acid groups (broad SMARTS) is 1. The van der Waals surface area contributed by atoms with Gasteiger partial charge in [0.15, 0.2) is 0 Å². The molecule has 1 unspecified atom stereocenters. The average Bonchev–Trinajstić information content (AvgIpc) is 3.21. The van der Waals surface area contributed by atoms with E-state index in [0.29, 0.717) is 19.7 Å². The third-order valence-electron chi connectivity index (χ3n) is 3.56. The van der Waals surface area contributed by atoms with Crippen molar-refractivity contribution in [2.24, 2.45) is 5.92 Å². The predicted octanol–water partition coefficient (Wildman–Crippen LogP) is 0.838. The standard InChI is InChI=1S/C13H20N2O4/c1-19-8-9-4-6-15(7-5-9)13(18)14-11(12(16)17)10-2-3-10/h4,10-11H,2-3,5-8H2,1H3,(H,14,18)(H,16,17). The highest BCUT2D eigenvalue weighted by atomic mass is 16.5. The van der Waals surface area contributed by atoms with Gasteiger partial charge in [0.1, 0.15) is 6.04 Å². The van der Waals surface area contributed by atoms with E-state index in [1.807, 2.05) is 6.08 Å². The van der Waals surface area contributed by atoms with Gasteiger partial charge < -0.3 is 20.1 Å². The molecule has 1 aliphatic heterocycles. The second-order valence-corrected chi connectivity index (χ2v) is 5.09. The van der Waals surface area contributed by atoms with E-state index in [0.717, 1.165) is 19.3 Å². The van der Waals surface area contributed by atoms with Crippen LogP contribution in [0.2, 0.25) is 0 Å². The van der Waals surface area contributed by atoms with Crippen LogP contribution in [0.1, 0.15) is 19.3 Å². The first kappa shape index (κ1) is 13.9. The van der Waals surface area contributed by atoms with E-state index in [4.69, 9.17) is 9.84 Å². The van der Waals surface area contributed by atoms with Crippen LogP contribution in [0.25, 0.3) is 0 Å². The van der Waals surface area contributed by atoms with Crippen LogP contribution < -0.4 is 5.32 Å². The molecule has 1 saturated carbocycles. The molecule has 1 aliphatic carbocycles. The summed E-state index contributed by atoms with van der Waals surface area (Å²) in [6.07, 6.45) is 4.52. The summed E-state index contributed by atoms with van der Waals surface area (Å²) in [5.74, 6) is -0.839. The third-order valence-corrected chi connectivity index (χ3v) is 3.56. The fourth-order valence-electron chi connectivity index (χ4n) is 2.25. The monoisotopic (exact) mass is 268 g/mol. The fourth-order valence-corrected chi connectivity index (χ4v) is 2.25. The van der Waals surface area contributed by atoms with Crippen molar-refractivity contribution in [3.05, 3.63) is 11.6 Å². The summed E-state index contributed by atoms with van der Waals surface area (Å²) in [6, 6.07) is -1.02. The van der Waals surface area contributed by atoms with Crippen LogP contribution in [0.3, 0.4) is 0 Å². The van der Waals surface area contributed by atoms with Gasteiger partial charge in [0.05, 0.1) is 6.61 Å². The minimum absolute atomic E-state index is 0.103. The van der Waals surface area contributed by atoms with Gasteiger partial charge in [-0.25, -0.2) is 9.59 Å². The Labute approximate surface area is 112 Å². The van der Waals surface area contributed by atoms with Gasteiger partial charge in [-0.1, -0.05) is 6.08 Å². The lowest BCUT2D eigenvalue weighted by molar-refractivity contribution is -0.139. The summed E-state index contributed by atoms with van der Waals surface area (Å²) in [4.78, 5) is 24.7. The van der Waals surface area contributed by atoms with Gasteiger partial charge >= 0.3 is 12.0 Å². The number of methoxy groups -OCH3 is 1. The largest absolute Gasteiger partial charge is 0.480 e. The number of ether oxygens (including phenoxy) is 1. The van der Waals surface area contributed by atoms with E-state index >= 15 is 0 Å². The van der Waals surface area contributed by atoms with Gasteiger partial charge in [-0.2, -0.15) is 0 Å². The molecule has 0 bridgehead atoms. The number of nitrogens with one attached hydrogen (secondary N) is 1. The van der Waals surface area contributed by atoms with Crippen LogP contribution in [0.15, 0.2) is 11.6 Å². The number of amides is 2. The molecule has 106 valence electrons. The SMILES string of the molecule is COCC1=CCN(C(=O)NC(C(=O)O)C2CC2)CC1. The van der Waals surface area contributed by atoms with Crippen molar-refractivity contribution in [2.75, 3.05) is 26.8 Å². The summed E-state index contributed by atoms with van der Waals surface area (Å²) in [6.45, 7) is 1.72. The van der Waals surface area contributed by atoms with Crippen molar-refractivity contribution in [3.63, 3.8) is 0 Å². The van der Waals surface area contributed by atoms with E-state index < -0.39 is 12.0 Å². The molecule has 0 aromatic heterocycles. The third kappa shape index (κ3) is 3.70. The Balaban J connectivity index is 1.85. The van der Waals surface area contributed by atoms with Crippen LogP contribution in [-0.2, 0) is 9.53 Å². The van der Waals surface area contributed by atoms with Crippen molar-refractivity contribution in [1.29, 1.82) is 0 Å². The molecule has 19 heavy (non-hydrogen) atoms. The molecule has 0 saturated heterocycles. The molecule has 6 heteroatoms. The highest BCUT2D eigenvalue weighted by Gasteiger charge is 2.38. The van der Waals surface area contributed by atoms with Crippen molar-refractivity contribution < 1.29 is 19.4 Å². The highest BCUT2D eigenvalue weighted by molar-refractivity contribution is 5.83. The summed E-state index contributed by atoms with van der Waals surface area (Å²) in [5.41, 5.74) is 1.18. The topological polar surface area (TPSA) is 78.9 Å². The Morgan fingerprint density at radius 3 is 2.79 bits per heavy atom. The highest BCUT2D eigenvalue weighted by Crippen LogP contribution is 2.32. The van der Waals surface area contributed by atoms with E-state index in [2.05, 4.69) is 5.32 Å². The minimum atomic E-state index is -0.941. The maximum absolute atomic E-state index is 12.0. The molecule has 2 N–H and O–H groups in total. The van der Waals surface area contributed by atoms with Crippen LogP contribution in [0, 0.1) is 5.92 Å². The zero-order valence-corrected chi connectivity index (χ0v) is 11.1. The molecular weight excluding hydrogens is 248 g/mol. The Hall–Kier alpha value is -1.56. The zero-order valence-electron chi connectivity index (χ0n) is 11.1.